The molecule has 0 radical (unpaired) electrons. The summed E-state index contributed by atoms with van der Waals surface area (Å²) < 4.78 is 0. The monoisotopic (exact) mass is 250 g/mol. The number of hydrogen-bond donors (Lipinski definition) is 2. The standard InChI is InChI=1S/C13H18N2OS/c1-9(12(14)17)8-15-13(16)10(2)11-6-4-3-5-7-11/h3-7,9-10H,8H2,1-2H3,(H2,14,17)(H,15,16). The molecule has 0 saturated heterocycles. The minimum atomic E-state index is -0.158. The molecule has 0 bridgehead atoms. The van der Waals surface area contributed by atoms with Crippen LogP contribution in [0.5, 0.6) is 0 Å². The fourth-order valence-corrected chi connectivity index (χ4v) is 1.48. The first-order chi connectivity index (χ1) is 8.02. The summed E-state index contributed by atoms with van der Waals surface area (Å²) in [6.45, 7) is 4.28. The predicted octanol–water partition coefficient (Wildman–Crippen LogP) is 1.83. The number of thiocarbonyl (C=S) groups is 1. The number of nitrogens with two attached hydrogens (primary N) is 1. The molecule has 17 heavy (non-hydrogen) atoms. The third-order valence-electron chi connectivity index (χ3n) is 2.76. The lowest BCUT2D eigenvalue weighted by atomic mass is 10.0. The van der Waals surface area contributed by atoms with Crippen molar-refractivity contribution in [3.05, 3.63) is 35.9 Å². The van der Waals surface area contributed by atoms with Gasteiger partial charge in [0.05, 0.1) is 10.9 Å². The summed E-state index contributed by atoms with van der Waals surface area (Å²) in [6, 6.07) is 9.68. The van der Waals surface area contributed by atoms with Gasteiger partial charge < -0.3 is 11.1 Å². The van der Waals surface area contributed by atoms with Gasteiger partial charge in [-0.15, -0.1) is 0 Å². The molecule has 1 amide bonds. The van der Waals surface area contributed by atoms with Gasteiger partial charge in [0.1, 0.15) is 0 Å². The van der Waals surface area contributed by atoms with Crippen LogP contribution in [0.4, 0.5) is 0 Å². The molecule has 92 valence electrons. The smallest absolute Gasteiger partial charge is 0.227 e. The Balaban J connectivity index is 2.51. The molecular formula is C13H18N2OS. The molecule has 0 fully saturated rings. The van der Waals surface area contributed by atoms with Crippen molar-refractivity contribution in [2.45, 2.75) is 19.8 Å². The Kier molecular flexibility index (Phi) is 5.10. The van der Waals surface area contributed by atoms with Crippen LogP contribution >= 0.6 is 12.2 Å². The number of amides is 1. The summed E-state index contributed by atoms with van der Waals surface area (Å²) in [5.74, 6) is -0.133. The van der Waals surface area contributed by atoms with Crippen LogP contribution in [-0.2, 0) is 4.79 Å². The molecule has 4 heteroatoms. The van der Waals surface area contributed by atoms with Gasteiger partial charge in [-0.25, -0.2) is 0 Å². The predicted molar refractivity (Wildman–Crippen MR) is 73.8 cm³/mol. The molecule has 1 rings (SSSR count). The lowest BCUT2D eigenvalue weighted by molar-refractivity contribution is -0.122. The number of carbonyl (C=O) groups is 1. The molecule has 0 aromatic heterocycles. The Morgan fingerprint density at radius 3 is 2.47 bits per heavy atom. The van der Waals surface area contributed by atoms with Crippen molar-refractivity contribution in [1.82, 2.24) is 5.32 Å². The molecule has 0 saturated carbocycles. The number of hydrogen-bond acceptors (Lipinski definition) is 2. The fraction of sp³-hybridized carbons (Fsp3) is 0.385. The van der Waals surface area contributed by atoms with Crippen LogP contribution in [0.2, 0.25) is 0 Å². The summed E-state index contributed by atoms with van der Waals surface area (Å²) in [6.07, 6.45) is 0. The van der Waals surface area contributed by atoms with Crippen molar-refractivity contribution in [2.75, 3.05) is 6.54 Å². The van der Waals surface area contributed by atoms with E-state index in [0.29, 0.717) is 11.5 Å². The van der Waals surface area contributed by atoms with E-state index in [4.69, 9.17) is 18.0 Å². The van der Waals surface area contributed by atoms with Gasteiger partial charge in [0.25, 0.3) is 0 Å². The molecule has 0 aliphatic carbocycles. The van der Waals surface area contributed by atoms with Gasteiger partial charge in [-0.1, -0.05) is 49.5 Å². The lowest BCUT2D eigenvalue weighted by Crippen LogP contribution is -2.35. The molecule has 2 atom stereocenters. The minimum Gasteiger partial charge on any atom is -0.393 e. The van der Waals surface area contributed by atoms with Gasteiger partial charge in [-0.3, -0.25) is 4.79 Å². The van der Waals surface area contributed by atoms with Crippen LogP contribution in [0.25, 0.3) is 0 Å². The van der Waals surface area contributed by atoms with E-state index in [-0.39, 0.29) is 17.7 Å². The van der Waals surface area contributed by atoms with Crippen LogP contribution in [0.3, 0.4) is 0 Å². The molecular weight excluding hydrogens is 232 g/mol. The highest BCUT2D eigenvalue weighted by Crippen LogP contribution is 2.14. The average Bonchev–Trinajstić information content (AvgIpc) is 2.35. The van der Waals surface area contributed by atoms with Crippen LogP contribution in [0.15, 0.2) is 30.3 Å². The second-order valence-electron chi connectivity index (χ2n) is 4.18. The molecule has 0 heterocycles. The van der Waals surface area contributed by atoms with E-state index in [1.165, 1.54) is 0 Å². The highest BCUT2D eigenvalue weighted by molar-refractivity contribution is 7.80. The quantitative estimate of drug-likeness (QED) is 0.784. The van der Waals surface area contributed by atoms with E-state index in [1.807, 2.05) is 44.2 Å². The molecule has 0 aliphatic rings. The first kappa shape index (κ1) is 13.6. The molecule has 0 spiro atoms. The first-order valence-corrected chi connectivity index (χ1v) is 6.05. The summed E-state index contributed by atoms with van der Waals surface area (Å²) in [5.41, 5.74) is 6.50. The van der Waals surface area contributed by atoms with Gasteiger partial charge in [-0.2, -0.15) is 0 Å². The molecule has 3 N–H and O–H groups in total. The Hall–Kier alpha value is -1.42. The SMILES string of the molecule is CC(CNC(=O)C(C)c1ccccc1)C(N)=S. The van der Waals surface area contributed by atoms with Gasteiger partial charge in [0.2, 0.25) is 5.91 Å². The largest absolute Gasteiger partial charge is 0.393 e. The molecule has 0 aliphatic heterocycles. The van der Waals surface area contributed by atoms with E-state index in [9.17, 15) is 4.79 Å². The van der Waals surface area contributed by atoms with Crippen molar-refractivity contribution in [3.8, 4) is 0 Å². The highest BCUT2D eigenvalue weighted by Gasteiger charge is 2.15. The number of carbonyl (C=O) groups excluding carboxylic acids is 1. The van der Waals surface area contributed by atoms with Crippen molar-refractivity contribution >= 4 is 23.1 Å². The van der Waals surface area contributed by atoms with Crippen LogP contribution < -0.4 is 11.1 Å². The zero-order valence-electron chi connectivity index (χ0n) is 10.1. The Bertz CT molecular complexity index is 392. The maximum absolute atomic E-state index is 11.9. The second-order valence-corrected chi connectivity index (χ2v) is 4.65. The molecule has 2 unspecified atom stereocenters. The maximum Gasteiger partial charge on any atom is 0.227 e. The Morgan fingerprint density at radius 2 is 1.94 bits per heavy atom. The van der Waals surface area contributed by atoms with Crippen molar-refractivity contribution in [1.29, 1.82) is 0 Å². The average molecular weight is 250 g/mol. The zero-order chi connectivity index (χ0) is 12.8. The van der Waals surface area contributed by atoms with Crippen LogP contribution in [-0.4, -0.2) is 17.4 Å². The van der Waals surface area contributed by atoms with Crippen molar-refractivity contribution in [3.63, 3.8) is 0 Å². The van der Waals surface area contributed by atoms with E-state index in [2.05, 4.69) is 5.32 Å². The number of nitrogens with one attached hydrogen (secondary N) is 1. The van der Waals surface area contributed by atoms with Gasteiger partial charge in [0.15, 0.2) is 0 Å². The molecule has 3 nitrogen and oxygen atoms in total. The highest BCUT2D eigenvalue weighted by atomic mass is 32.1. The van der Waals surface area contributed by atoms with E-state index < -0.39 is 0 Å². The van der Waals surface area contributed by atoms with Gasteiger partial charge in [-0.05, 0) is 12.5 Å². The maximum atomic E-state index is 11.9. The lowest BCUT2D eigenvalue weighted by Gasteiger charge is -2.15. The van der Waals surface area contributed by atoms with Crippen molar-refractivity contribution in [2.24, 2.45) is 11.7 Å². The summed E-state index contributed by atoms with van der Waals surface area (Å²) >= 11 is 4.86. The minimum absolute atomic E-state index is 0.000648. The van der Waals surface area contributed by atoms with E-state index >= 15 is 0 Å². The van der Waals surface area contributed by atoms with Crippen molar-refractivity contribution < 1.29 is 4.79 Å². The summed E-state index contributed by atoms with van der Waals surface area (Å²) in [5, 5.41) is 2.86. The third-order valence-corrected chi connectivity index (χ3v) is 3.16. The Labute approximate surface area is 107 Å². The first-order valence-electron chi connectivity index (χ1n) is 5.64. The van der Waals surface area contributed by atoms with Crippen LogP contribution in [0, 0.1) is 5.92 Å². The molecule has 1 aromatic rings. The number of benzene rings is 1. The Morgan fingerprint density at radius 1 is 1.35 bits per heavy atom. The zero-order valence-corrected chi connectivity index (χ0v) is 11.0. The summed E-state index contributed by atoms with van der Waals surface area (Å²) in [7, 11) is 0. The topological polar surface area (TPSA) is 55.1 Å². The van der Waals surface area contributed by atoms with E-state index in [1.54, 1.807) is 0 Å². The third kappa shape index (κ3) is 4.15. The fourth-order valence-electron chi connectivity index (χ4n) is 1.40. The second kappa shape index (κ2) is 6.35. The number of rotatable bonds is 5. The van der Waals surface area contributed by atoms with E-state index in [0.717, 1.165) is 5.56 Å². The van der Waals surface area contributed by atoms with Crippen LogP contribution in [0.1, 0.15) is 25.3 Å². The molecule has 1 aromatic carbocycles. The normalized spacial score (nSPS) is 13.8. The summed E-state index contributed by atoms with van der Waals surface area (Å²) in [4.78, 5) is 12.3. The van der Waals surface area contributed by atoms with Gasteiger partial charge >= 0.3 is 0 Å². The van der Waals surface area contributed by atoms with Gasteiger partial charge in [0, 0.05) is 12.5 Å².